The minimum absolute atomic E-state index is 0.0557. The molecule has 94 heavy (non-hydrogen) atoms. The number of aromatic carboxylic acids is 4. The zero-order valence-electron chi connectivity index (χ0n) is 51.7. The van der Waals surface area contributed by atoms with Gasteiger partial charge in [-0.2, -0.15) is 10.2 Å². The van der Waals surface area contributed by atoms with Gasteiger partial charge in [0.25, 0.3) is 30.1 Å². The van der Waals surface area contributed by atoms with Gasteiger partial charge >= 0.3 is 35.8 Å². The highest BCUT2D eigenvalue weighted by atomic mass is 16.5. The number of aryl methyl sites for hydroxylation is 1. The molecule has 6 amide bonds. The van der Waals surface area contributed by atoms with E-state index >= 15 is 0 Å². The van der Waals surface area contributed by atoms with E-state index in [0.29, 0.717) is 29.8 Å². The van der Waals surface area contributed by atoms with Crippen LogP contribution in [-0.4, -0.2) is 137 Å². The van der Waals surface area contributed by atoms with Crippen LogP contribution in [0.15, 0.2) is 89.1 Å². The molecule has 29 heteroatoms. The van der Waals surface area contributed by atoms with Gasteiger partial charge in [0.15, 0.2) is 0 Å². The first-order valence-corrected chi connectivity index (χ1v) is 29.7. The van der Waals surface area contributed by atoms with Gasteiger partial charge in [-0.15, -0.1) is 0 Å². The van der Waals surface area contributed by atoms with E-state index in [1.165, 1.54) is 101 Å². The lowest BCUT2D eigenvalue weighted by Gasteiger charge is -2.24. The van der Waals surface area contributed by atoms with Crippen LogP contribution in [0.3, 0.4) is 0 Å². The van der Waals surface area contributed by atoms with Crippen molar-refractivity contribution in [2.24, 2.45) is 28.0 Å². The number of carboxylic acids is 5. The Bertz CT molecular complexity index is 3810. The van der Waals surface area contributed by atoms with Gasteiger partial charge in [0.05, 0.1) is 86.8 Å². The standard InChI is InChI=1S/C65H70N8O21/c1-6-7-8-9-10-11-12-13-14-15-20-93-65(91)34-22-37(66-3)24-38(23-34)69-57(79)44-29-52(94-32-74)54(39(44)30-53(75)76)60(82)71-59(81)43-28-47(63(87)88)42(27-48(43)64(89)90)58(80)70-50-21-33(2)49(31-51(50)92-5)73-72-36-18-16-35(17-19-36)68-56(78)41-26-45(61(83)84)40(55(77)67-4)25-46(41)62(85)86/h16-19,21-28,31-32,39,44,52,54,66H,6-15,20,29-30H2,1-5H3,(H,67,77)(H,68,78)(H,69,79)(H,70,80)(H,75,76)(H,83,84)(H,85,86)(H,87,88)(H,89,90)(H,71,81,82). The lowest BCUT2D eigenvalue weighted by Crippen LogP contribution is -2.43. The number of nitrogens with one attached hydrogen (secondary N) is 6. The van der Waals surface area contributed by atoms with Gasteiger partial charge in [0, 0.05) is 49.6 Å². The molecule has 0 radical (unpaired) electrons. The molecule has 0 aliphatic heterocycles. The van der Waals surface area contributed by atoms with E-state index < -0.39 is 152 Å². The molecule has 0 heterocycles. The van der Waals surface area contributed by atoms with E-state index in [2.05, 4.69) is 43.7 Å². The highest BCUT2D eigenvalue weighted by molar-refractivity contribution is 6.18. The average Bonchev–Trinajstić information content (AvgIpc) is 1.36. The Morgan fingerprint density at radius 1 is 0.564 bits per heavy atom. The number of unbranched alkanes of at least 4 members (excludes halogenated alkanes) is 9. The summed E-state index contributed by atoms with van der Waals surface area (Å²) in [7, 11) is 3.99. The minimum Gasteiger partial charge on any atom is -0.494 e. The van der Waals surface area contributed by atoms with Crippen molar-refractivity contribution in [2.45, 2.75) is 97.0 Å². The normalized spacial score (nSPS) is 14.8. The number of amides is 6. The number of anilines is 4. The Hall–Kier alpha value is -11.4. The van der Waals surface area contributed by atoms with Crippen LogP contribution in [0.4, 0.5) is 34.1 Å². The summed E-state index contributed by atoms with van der Waals surface area (Å²) in [6.07, 6.45) is 7.89. The molecule has 11 N–H and O–H groups in total. The number of carboxylic acid groups (broad SMARTS) is 5. The Balaban J connectivity index is 1.15. The molecule has 6 rings (SSSR count). The van der Waals surface area contributed by atoms with Crippen molar-refractivity contribution in [2.75, 3.05) is 49.1 Å². The number of aliphatic carboxylic acids is 1. The number of nitrogens with zero attached hydrogens (tertiary/aromatic N) is 2. The van der Waals surface area contributed by atoms with Crippen LogP contribution < -0.4 is 36.6 Å². The molecule has 0 saturated heterocycles. The lowest BCUT2D eigenvalue weighted by atomic mass is 9.84. The number of benzene rings is 5. The Morgan fingerprint density at radius 3 is 1.60 bits per heavy atom. The van der Waals surface area contributed by atoms with Crippen LogP contribution in [0.25, 0.3) is 0 Å². The SMILES string of the molecule is CCCCCCCCCCCCOC(=O)c1cc(NC)cc(NC(=O)C2CC(OC=O)C(C(=O)NC(=O)c3cc(C(=O)O)c(C(=O)Nc4cc(C)c(N=Nc5ccc(NC(=O)c6cc(C(=O)O)c(C(=O)NC)cc6C(=O)O)cc5)cc4OC)cc3C(=O)O)C2CC(=O)O)c1. The molecule has 5 aromatic carbocycles. The molecule has 0 bridgehead atoms. The van der Waals surface area contributed by atoms with Gasteiger partial charge in [0.1, 0.15) is 11.9 Å². The van der Waals surface area contributed by atoms with Crippen LogP contribution in [0.1, 0.15) is 183 Å². The van der Waals surface area contributed by atoms with Gasteiger partial charge in [-0.1, -0.05) is 64.7 Å². The van der Waals surface area contributed by atoms with E-state index in [4.69, 9.17) is 14.2 Å². The number of azo groups is 1. The van der Waals surface area contributed by atoms with E-state index in [1.807, 2.05) is 5.32 Å². The maximum absolute atomic E-state index is 14.2. The van der Waals surface area contributed by atoms with Crippen molar-refractivity contribution in [3.63, 3.8) is 0 Å². The van der Waals surface area contributed by atoms with Crippen LogP contribution in [0.2, 0.25) is 0 Å². The number of rotatable bonds is 33. The quantitative estimate of drug-likeness (QED) is 0.00612. The molecule has 0 aromatic heterocycles. The van der Waals surface area contributed by atoms with E-state index in [-0.39, 0.29) is 52.8 Å². The highest BCUT2D eigenvalue weighted by Gasteiger charge is 2.52. The maximum Gasteiger partial charge on any atom is 0.338 e. The van der Waals surface area contributed by atoms with E-state index in [9.17, 15) is 87.9 Å². The fraction of sp³-hybridized carbons (Fsp3) is 0.338. The summed E-state index contributed by atoms with van der Waals surface area (Å²) in [6, 6.07) is 15.2. The fourth-order valence-corrected chi connectivity index (χ4v) is 10.7. The van der Waals surface area contributed by atoms with Gasteiger partial charge in [-0.05, 0) is 104 Å². The molecule has 1 saturated carbocycles. The molecule has 496 valence electrons. The van der Waals surface area contributed by atoms with Crippen LogP contribution in [0, 0.1) is 24.7 Å². The molecule has 5 aromatic rings. The summed E-state index contributed by atoms with van der Waals surface area (Å²) in [5, 5.41) is 73.2. The van der Waals surface area contributed by atoms with Crippen molar-refractivity contribution in [1.29, 1.82) is 0 Å². The second-order valence-electron chi connectivity index (χ2n) is 21.8. The molecule has 1 aliphatic carbocycles. The number of hydrogen-bond acceptors (Lipinski definition) is 19. The topological polar surface area (TPSA) is 448 Å². The van der Waals surface area contributed by atoms with Crippen LogP contribution in [0.5, 0.6) is 5.75 Å². The van der Waals surface area contributed by atoms with Crippen molar-refractivity contribution in [3.05, 3.63) is 134 Å². The number of carbonyl (C=O) groups is 13. The van der Waals surface area contributed by atoms with Crippen molar-refractivity contribution in [3.8, 4) is 5.75 Å². The predicted molar refractivity (Wildman–Crippen MR) is 336 cm³/mol. The first-order valence-electron chi connectivity index (χ1n) is 29.7. The summed E-state index contributed by atoms with van der Waals surface area (Å²) >= 11 is 0. The number of imide groups is 1. The lowest BCUT2D eigenvalue weighted by molar-refractivity contribution is -0.142. The number of esters is 1. The van der Waals surface area contributed by atoms with E-state index in [1.54, 1.807) is 14.0 Å². The number of hydrogen-bond donors (Lipinski definition) is 11. The Morgan fingerprint density at radius 2 is 1.09 bits per heavy atom. The third kappa shape index (κ3) is 18.6. The number of carbonyl (C=O) groups excluding carboxylic acids is 8. The summed E-state index contributed by atoms with van der Waals surface area (Å²) in [6.45, 7) is 3.82. The molecular formula is C65H70N8O21. The fourth-order valence-electron chi connectivity index (χ4n) is 10.7. The van der Waals surface area contributed by atoms with Crippen LogP contribution >= 0.6 is 0 Å². The summed E-state index contributed by atoms with van der Waals surface area (Å²) in [4.78, 5) is 169. The number of ether oxygens (including phenoxy) is 3. The summed E-state index contributed by atoms with van der Waals surface area (Å²) in [5.41, 5.74) is -4.70. The predicted octanol–water partition coefficient (Wildman–Crippen LogP) is 9.36. The van der Waals surface area contributed by atoms with Gasteiger partial charge in [-0.3, -0.25) is 43.7 Å². The third-order valence-corrected chi connectivity index (χ3v) is 15.4. The van der Waals surface area contributed by atoms with E-state index in [0.717, 1.165) is 37.8 Å². The van der Waals surface area contributed by atoms with Gasteiger partial charge in [-0.25, -0.2) is 24.0 Å². The molecular weight excluding hydrogens is 1230 g/mol. The number of methoxy groups -OCH3 is 1. The molecule has 0 spiro atoms. The highest BCUT2D eigenvalue weighted by Crippen LogP contribution is 2.43. The van der Waals surface area contributed by atoms with Crippen molar-refractivity contribution < 1.29 is 102 Å². The minimum atomic E-state index is -1.88. The summed E-state index contributed by atoms with van der Waals surface area (Å²) in [5.74, 6) is -20.7. The zero-order chi connectivity index (χ0) is 68.9. The van der Waals surface area contributed by atoms with Crippen molar-refractivity contribution >= 4 is 112 Å². The average molecular weight is 1300 g/mol. The third-order valence-electron chi connectivity index (χ3n) is 15.4. The smallest absolute Gasteiger partial charge is 0.338 e. The van der Waals surface area contributed by atoms with Gasteiger partial charge < -0.3 is 66.3 Å². The van der Waals surface area contributed by atoms with Crippen molar-refractivity contribution in [1.82, 2.24) is 10.6 Å². The van der Waals surface area contributed by atoms with Gasteiger partial charge in [0.2, 0.25) is 11.8 Å². The first kappa shape index (κ1) is 71.7. The first-order chi connectivity index (χ1) is 44.8. The van der Waals surface area contributed by atoms with Crippen LogP contribution in [-0.2, 0) is 28.7 Å². The second-order valence-corrected chi connectivity index (χ2v) is 21.8. The monoisotopic (exact) mass is 1300 g/mol. The maximum atomic E-state index is 14.2. The molecule has 29 nitrogen and oxygen atoms in total. The Kier molecular flexibility index (Phi) is 25.6. The molecule has 4 atom stereocenters. The Labute approximate surface area is 537 Å². The molecule has 1 fully saturated rings. The molecule has 4 unspecified atom stereocenters. The zero-order valence-corrected chi connectivity index (χ0v) is 51.7. The molecule has 1 aliphatic rings. The second kappa shape index (κ2) is 33.6. The largest absolute Gasteiger partial charge is 0.494 e. The summed E-state index contributed by atoms with van der Waals surface area (Å²) < 4.78 is 16.2.